The summed E-state index contributed by atoms with van der Waals surface area (Å²) in [6.45, 7) is 6.11. The Morgan fingerprint density at radius 3 is 2.18 bits per heavy atom. The minimum absolute atomic E-state index is 0. The van der Waals surface area contributed by atoms with E-state index in [9.17, 15) is 2.74 Å². The predicted octanol–water partition coefficient (Wildman–Crippen LogP) is 12.9. The van der Waals surface area contributed by atoms with Gasteiger partial charge in [-0.2, -0.15) is 0 Å². The van der Waals surface area contributed by atoms with Crippen LogP contribution >= 0.6 is 0 Å². The Bertz CT molecular complexity index is 2750. The number of aryl methyl sites for hydroxylation is 2. The van der Waals surface area contributed by atoms with E-state index in [1.165, 1.54) is 43.7 Å². The summed E-state index contributed by atoms with van der Waals surface area (Å²) >= 11 is 0. The summed E-state index contributed by atoms with van der Waals surface area (Å²) in [6, 6.07) is 22.8. The van der Waals surface area contributed by atoms with Crippen molar-refractivity contribution in [1.82, 2.24) is 15.0 Å². The maximum absolute atomic E-state index is 9.38. The van der Waals surface area contributed by atoms with E-state index < -0.39 is 43.7 Å². The summed E-state index contributed by atoms with van der Waals surface area (Å²) in [5, 5.41) is 1.54. The standard InChI is InChI=1S/C28H27N2O.C22H30N.Ir/c1-17-5-6-23-22-3-2-4-24(26(22)31-27(23)30-17)25-12-18(7-8-29-25)13-28-14-19-9-20(15-28)11-21(10-19)16-28;1-16-8-10-17(11-9-16)20-12-18(13-21(2,3)4)19(15-23-20)14-22(5,6)7;/h2-3,5-8,12,19-21H,9-11,13-16H2,1H3;8-10,12,15H,13-14H2,1-7H3;/q2*-1;/i1D3,13D2;1D3,13D2,14D2;. The molecule has 55 heavy (non-hydrogen) atoms. The molecule has 4 bridgehead atoms. The van der Waals surface area contributed by atoms with Gasteiger partial charge in [0.05, 0.1) is 5.58 Å². The second-order valence-corrected chi connectivity index (χ2v) is 17.9. The van der Waals surface area contributed by atoms with E-state index in [1.807, 2.05) is 18.2 Å². The topological polar surface area (TPSA) is 51.8 Å². The van der Waals surface area contributed by atoms with Gasteiger partial charge in [0.25, 0.3) is 0 Å². The third-order valence-electron chi connectivity index (χ3n) is 10.8. The van der Waals surface area contributed by atoms with Crippen LogP contribution in [0.2, 0.25) is 0 Å². The van der Waals surface area contributed by atoms with E-state index in [2.05, 4.69) is 27.1 Å². The van der Waals surface area contributed by atoms with Gasteiger partial charge >= 0.3 is 0 Å². The fraction of sp³-hybridized carbons (Fsp3) is 0.460. The average Bonchev–Trinajstić information content (AvgIpc) is 3.60. The summed E-state index contributed by atoms with van der Waals surface area (Å²) < 4.78 is 105. The van der Waals surface area contributed by atoms with E-state index in [0.717, 1.165) is 30.0 Å². The maximum atomic E-state index is 9.38. The molecule has 2 aromatic carbocycles. The molecule has 0 atom stereocenters. The number of furan rings is 1. The summed E-state index contributed by atoms with van der Waals surface area (Å²) in [5.74, 6) is 1.99. The summed E-state index contributed by atoms with van der Waals surface area (Å²) in [4.78, 5) is 13.2. The number of rotatable bonds is 6. The molecule has 0 saturated heterocycles. The molecular formula is C50H57IrN3O-2. The Balaban J connectivity index is 0.000000200. The van der Waals surface area contributed by atoms with Gasteiger partial charge in [0.15, 0.2) is 0 Å². The molecule has 4 fully saturated rings. The minimum Gasteiger partial charge on any atom is -0.486 e. The third kappa shape index (κ3) is 9.00. The van der Waals surface area contributed by atoms with E-state index >= 15 is 0 Å². The first kappa shape index (κ1) is 27.1. The Labute approximate surface area is 359 Å². The van der Waals surface area contributed by atoms with Gasteiger partial charge in [-0.05, 0) is 139 Å². The number of nitrogens with zero attached hydrogens (tertiary/aromatic N) is 3. The summed E-state index contributed by atoms with van der Waals surface area (Å²) in [7, 11) is 0. The number of hydrogen-bond acceptors (Lipinski definition) is 4. The molecule has 0 unspecified atom stereocenters. The SMILES string of the molecule is [2H]C([2H])([2H])c1c[c-]c(-c2cc(C([2H])([2H])C(C)(C)C)c(C([2H])([2H])C(C)(C)C)cn2)cc1.[2H]C([2H])([2H])c1ccc2c(n1)oc1c(-c3cc(C([2H])([2H])C45CC6CC(CC(C6)C4)C5)ccn3)[c-]ccc12.[Ir]. The molecule has 5 heteroatoms. The molecule has 4 aromatic heterocycles. The fourth-order valence-electron chi connectivity index (χ4n) is 9.23. The van der Waals surface area contributed by atoms with Gasteiger partial charge in [0, 0.05) is 60.0 Å². The van der Waals surface area contributed by atoms with Crippen molar-refractivity contribution in [3.05, 3.63) is 113 Å². The monoisotopic (exact) mass is 920 g/mol. The number of benzene rings is 2. The van der Waals surface area contributed by atoms with Gasteiger partial charge in [-0.15, -0.1) is 53.6 Å². The second-order valence-electron chi connectivity index (χ2n) is 17.9. The Hall–Kier alpha value is -3.66. The summed E-state index contributed by atoms with van der Waals surface area (Å²) in [5.41, 5.74) is 2.39. The fourth-order valence-corrected chi connectivity index (χ4v) is 9.23. The number of hydrogen-bond donors (Lipinski definition) is 0. The number of fused-ring (bicyclic) bond motifs is 3. The van der Waals surface area contributed by atoms with Gasteiger partial charge in [0.1, 0.15) is 0 Å². The van der Waals surface area contributed by atoms with Crippen molar-refractivity contribution in [3.63, 3.8) is 0 Å². The number of pyridine rings is 3. The normalized spacial score (nSPS) is 26.2. The molecule has 4 aliphatic rings. The molecule has 289 valence electrons. The van der Waals surface area contributed by atoms with Crippen LogP contribution in [0.1, 0.15) is 124 Å². The van der Waals surface area contributed by atoms with Crippen molar-refractivity contribution in [2.75, 3.05) is 0 Å². The third-order valence-corrected chi connectivity index (χ3v) is 10.8. The quantitative estimate of drug-likeness (QED) is 0.156. The number of aromatic nitrogens is 3. The first-order valence-electron chi connectivity index (χ1n) is 25.2. The van der Waals surface area contributed by atoms with Gasteiger partial charge < -0.3 is 14.4 Å². The van der Waals surface area contributed by atoms with Crippen molar-refractivity contribution in [2.24, 2.45) is 34.0 Å². The van der Waals surface area contributed by atoms with E-state index in [1.54, 1.807) is 72.0 Å². The van der Waals surface area contributed by atoms with Crippen molar-refractivity contribution < 1.29 is 41.0 Å². The van der Waals surface area contributed by atoms with Crippen LogP contribution in [0.3, 0.4) is 0 Å². The zero-order chi connectivity index (χ0) is 48.2. The van der Waals surface area contributed by atoms with Crippen molar-refractivity contribution >= 4 is 22.1 Å². The maximum Gasteiger partial charge on any atom is 0.216 e. The smallest absolute Gasteiger partial charge is 0.216 e. The van der Waals surface area contributed by atoms with Crippen LogP contribution in [-0.4, -0.2) is 15.0 Å². The molecule has 6 aromatic rings. The zero-order valence-corrected chi connectivity index (χ0v) is 34.9. The molecule has 0 amide bonds. The first-order chi connectivity index (χ1) is 30.4. The van der Waals surface area contributed by atoms with Crippen LogP contribution in [0, 0.1) is 59.8 Å². The van der Waals surface area contributed by atoms with Gasteiger partial charge in [-0.3, -0.25) is 0 Å². The average molecular weight is 920 g/mol. The molecule has 0 spiro atoms. The Morgan fingerprint density at radius 1 is 0.800 bits per heavy atom. The Morgan fingerprint density at radius 2 is 1.53 bits per heavy atom. The van der Waals surface area contributed by atoms with E-state index in [-0.39, 0.29) is 53.6 Å². The molecule has 4 heterocycles. The summed E-state index contributed by atoms with van der Waals surface area (Å²) in [6.07, 6.45) is 4.75. The van der Waals surface area contributed by atoms with Crippen LogP contribution in [0.15, 0.2) is 77.5 Å². The molecule has 4 saturated carbocycles. The molecule has 0 N–H and O–H groups in total. The van der Waals surface area contributed by atoms with Gasteiger partial charge in [-0.25, -0.2) is 4.98 Å². The molecule has 10 rings (SSSR count). The van der Waals surface area contributed by atoms with Crippen molar-refractivity contribution in [1.29, 1.82) is 0 Å². The molecular weight excluding hydrogens is 851 g/mol. The molecule has 1 radical (unpaired) electrons. The molecule has 4 aliphatic carbocycles. The zero-order valence-electron chi connectivity index (χ0n) is 44.5. The van der Waals surface area contributed by atoms with Crippen LogP contribution < -0.4 is 0 Å². The van der Waals surface area contributed by atoms with Crippen molar-refractivity contribution in [2.45, 2.75) is 113 Å². The molecule has 4 nitrogen and oxygen atoms in total. The van der Waals surface area contributed by atoms with Crippen LogP contribution in [0.5, 0.6) is 0 Å². The van der Waals surface area contributed by atoms with Crippen LogP contribution in [0.25, 0.3) is 44.6 Å². The first-order valence-corrected chi connectivity index (χ1v) is 19.2. The van der Waals surface area contributed by atoms with Crippen molar-refractivity contribution in [3.8, 4) is 22.5 Å². The van der Waals surface area contributed by atoms with E-state index in [0.29, 0.717) is 51.4 Å². The van der Waals surface area contributed by atoms with Crippen LogP contribution in [0.4, 0.5) is 0 Å². The molecule has 0 aliphatic heterocycles. The Kier molecular flexibility index (Phi) is 7.55. The van der Waals surface area contributed by atoms with E-state index in [4.69, 9.17) is 18.1 Å². The largest absolute Gasteiger partial charge is 0.486 e. The van der Waals surface area contributed by atoms with Gasteiger partial charge in [-0.1, -0.05) is 77.0 Å². The predicted molar refractivity (Wildman–Crippen MR) is 222 cm³/mol. The minimum atomic E-state index is -2.32. The van der Waals surface area contributed by atoms with Gasteiger partial charge in [0.2, 0.25) is 5.71 Å². The van der Waals surface area contributed by atoms with Crippen LogP contribution in [-0.2, 0) is 39.2 Å². The second kappa shape index (κ2) is 15.4.